The van der Waals surface area contributed by atoms with Crippen LogP contribution in [-0.2, 0) is 9.53 Å². The average Bonchev–Trinajstić information content (AvgIpc) is 2.11. The Morgan fingerprint density at radius 1 is 1.35 bits per heavy atom. The normalized spacial score (nSPS) is 14.9. The molecule has 0 heterocycles. The van der Waals surface area contributed by atoms with Gasteiger partial charge in [0.2, 0.25) is 0 Å². The van der Waals surface area contributed by atoms with Gasteiger partial charge < -0.3 is 20.0 Å². The lowest BCUT2D eigenvalue weighted by atomic mass is 9.96. The molecule has 1 amide bonds. The summed E-state index contributed by atoms with van der Waals surface area (Å²) in [5.74, 6) is -1.12. The van der Waals surface area contributed by atoms with E-state index in [0.717, 1.165) is 6.42 Å². The van der Waals surface area contributed by atoms with Gasteiger partial charge in [0.05, 0.1) is 0 Å². The summed E-state index contributed by atoms with van der Waals surface area (Å²) in [6, 6.07) is -0.458. The maximum absolute atomic E-state index is 11.5. The lowest BCUT2D eigenvalue weighted by molar-refractivity contribution is -0.306. The van der Waals surface area contributed by atoms with Crippen LogP contribution in [0.4, 0.5) is 4.79 Å². The average molecular weight is 244 g/mol. The van der Waals surface area contributed by atoms with Crippen LogP contribution >= 0.6 is 0 Å². The summed E-state index contributed by atoms with van der Waals surface area (Å²) < 4.78 is 5.08. The molecule has 5 nitrogen and oxygen atoms in total. The number of ether oxygens (including phenoxy) is 1. The van der Waals surface area contributed by atoms with Crippen molar-refractivity contribution in [3.05, 3.63) is 0 Å². The van der Waals surface area contributed by atoms with Gasteiger partial charge in [0.15, 0.2) is 0 Å². The first-order chi connectivity index (χ1) is 7.65. The van der Waals surface area contributed by atoms with Gasteiger partial charge in [-0.2, -0.15) is 0 Å². The minimum Gasteiger partial charge on any atom is -0.550 e. The molecule has 0 rings (SSSR count). The molecule has 0 aromatic heterocycles. The molecule has 0 saturated carbocycles. The molecular formula is C12H22NO4-. The van der Waals surface area contributed by atoms with Crippen LogP contribution in [-0.4, -0.2) is 23.7 Å². The second-order valence-electron chi connectivity index (χ2n) is 5.21. The van der Waals surface area contributed by atoms with Gasteiger partial charge >= 0.3 is 6.09 Å². The molecule has 0 unspecified atom stereocenters. The van der Waals surface area contributed by atoms with E-state index in [4.69, 9.17) is 4.74 Å². The van der Waals surface area contributed by atoms with Crippen LogP contribution in [0.15, 0.2) is 0 Å². The summed E-state index contributed by atoms with van der Waals surface area (Å²) in [7, 11) is 0. The summed E-state index contributed by atoms with van der Waals surface area (Å²) in [6.45, 7) is 9.07. The first-order valence-electron chi connectivity index (χ1n) is 5.85. The van der Waals surface area contributed by atoms with E-state index in [1.807, 2.05) is 13.8 Å². The smallest absolute Gasteiger partial charge is 0.407 e. The number of amides is 1. The highest BCUT2D eigenvalue weighted by molar-refractivity contribution is 5.70. The number of aliphatic carboxylic acids is 1. The van der Waals surface area contributed by atoms with E-state index >= 15 is 0 Å². The maximum Gasteiger partial charge on any atom is 0.407 e. The van der Waals surface area contributed by atoms with Gasteiger partial charge in [0, 0.05) is 18.4 Å². The van der Waals surface area contributed by atoms with Crippen LogP contribution in [0.3, 0.4) is 0 Å². The number of carbonyl (C=O) groups excluding carboxylic acids is 2. The molecule has 0 aliphatic heterocycles. The van der Waals surface area contributed by atoms with Gasteiger partial charge in [0.1, 0.15) is 5.60 Å². The Bertz CT molecular complexity index is 270. The van der Waals surface area contributed by atoms with E-state index in [0.29, 0.717) is 0 Å². The topological polar surface area (TPSA) is 78.5 Å². The summed E-state index contributed by atoms with van der Waals surface area (Å²) in [5, 5.41) is 13.2. The Labute approximate surface area is 103 Å². The van der Waals surface area contributed by atoms with Crippen molar-refractivity contribution in [2.24, 2.45) is 5.92 Å². The third-order valence-corrected chi connectivity index (χ3v) is 2.42. The van der Waals surface area contributed by atoms with Crippen molar-refractivity contribution in [1.82, 2.24) is 5.32 Å². The fraction of sp³-hybridized carbons (Fsp3) is 0.833. The van der Waals surface area contributed by atoms with E-state index in [1.54, 1.807) is 20.8 Å². The quantitative estimate of drug-likeness (QED) is 0.784. The van der Waals surface area contributed by atoms with E-state index < -0.39 is 23.7 Å². The Balaban J connectivity index is 4.42. The van der Waals surface area contributed by atoms with Crippen molar-refractivity contribution in [2.45, 2.75) is 59.1 Å². The molecular weight excluding hydrogens is 222 g/mol. The molecule has 0 aromatic carbocycles. The second kappa shape index (κ2) is 6.47. The van der Waals surface area contributed by atoms with E-state index in [-0.39, 0.29) is 12.3 Å². The predicted octanol–water partition coefficient (Wildman–Crippen LogP) is 1.07. The molecule has 1 N–H and O–H groups in total. The van der Waals surface area contributed by atoms with Gasteiger partial charge in [-0.3, -0.25) is 0 Å². The highest BCUT2D eigenvalue weighted by Crippen LogP contribution is 2.13. The van der Waals surface area contributed by atoms with Crippen molar-refractivity contribution in [1.29, 1.82) is 0 Å². The number of alkyl carbamates (subject to hydrolysis) is 1. The minimum atomic E-state index is -1.17. The molecule has 0 spiro atoms. The molecule has 2 atom stereocenters. The summed E-state index contributed by atoms with van der Waals surface area (Å²) in [4.78, 5) is 22.1. The molecule has 0 aliphatic carbocycles. The van der Waals surface area contributed by atoms with Crippen LogP contribution in [0, 0.1) is 5.92 Å². The van der Waals surface area contributed by atoms with Crippen molar-refractivity contribution in [2.75, 3.05) is 0 Å². The maximum atomic E-state index is 11.5. The van der Waals surface area contributed by atoms with Crippen molar-refractivity contribution in [3.8, 4) is 0 Å². The fourth-order valence-electron chi connectivity index (χ4n) is 1.32. The molecule has 0 aliphatic rings. The number of carboxylic acids is 1. The SMILES string of the molecule is CC[C@@H](C)[C@@H](CC(=O)[O-])NC(=O)OC(C)(C)C. The Hall–Kier alpha value is -1.26. The highest BCUT2D eigenvalue weighted by atomic mass is 16.6. The number of nitrogens with one attached hydrogen (secondary N) is 1. The summed E-state index contributed by atoms with van der Waals surface area (Å²) in [5.41, 5.74) is -0.592. The van der Waals surface area contributed by atoms with Crippen molar-refractivity contribution in [3.63, 3.8) is 0 Å². The molecule has 5 heteroatoms. The fourth-order valence-corrected chi connectivity index (χ4v) is 1.32. The third-order valence-electron chi connectivity index (χ3n) is 2.42. The van der Waals surface area contributed by atoms with Crippen molar-refractivity contribution >= 4 is 12.1 Å². The molecule has 100 valence electrons. The number of hydrogen-bond acceptors (Lipinski definition) is 4. The number of rotatable bonds is 5. The molecule has 0 aromatic rings. The number of hydrogen-bond donors (Lipinski definition) is 1. The third kappa shape index (κ3) is 7.60. The Morgan fingerprint density at radius 3 is 2.24 bits per heavy atom. The second-order valence-corrected chi connectivity index (χ2v) is 5.21. The van der Waals surface area contributed by atoms with Crippen LogP contribution in [0.1, 0.15) is 47.5 Å². The highest BCUT2D eigenvalue weighted by Gasteiger charge is 2.22. The van der Waals surface area contributed by atoms with Crippen LogP contribution in [0.2, 0.25) is 0 Å². The first-order valence-corrected chi connectivity index (χ1v) is 5.85. The van der Waals surface area contributed by atoms with Crippen LogP contribution in [0.25, 0.3) is 0 Å². The zero-order valence-corrected chi connectivity index (χ0v) is 11.2. The molecule has 0 bridgehead atoms. The van der Waals surface area contributed by atoms with E-state index in [9.17, 15) is 14.7 Å². The molecule has 0 saturated heterocycles. The van der Waals surface area contributed by atoms with Gasteiger partial charge in [-0.05, 0) is 26.7 Å². The standard InChI is InChI=1S/C12H23NO4/c1-6-8(2)9(7-10(14)15)13-11(16)17-12(3,4)5/h8-9H,6-7H2,1-5H3,(H,13,16)(H,14,15)/p-1/t8-,9-/m1/s1. The summed E-state index contributed by atoms with van der Waals surface area (Å²) >= 11 is 0. The Kier molecular flexibility index (Phi) is 5.99. The zero-order chi connectivity index (χ0) is 13.6. The number of carboxylic acid groups (broad SMARTS) is 1. The molecule has 0 radical (unpaired) electrons. The van der Waals surface area contributed by atoms with Gasteiger partial charge in [-0.15, -0.1) is 0 Å². The monoisotopic (exact) mass is 244 g/mol. The lowest BCUT2D eigenvalue weighted by Crippen LogP contribution is -2.45. The van der Waals surface area contributed by atoms with E-state index in [2.05, 4.69) is 5.32 Å². The predicted molar refractivity (Wildman–Crippen MR) is 62.2 cm³/mol. The van der Waals surface area contributed by atoms with Crippen molar-refractivity contribution < 1.29 is 19.4 Å². The van der Waals surface area contributed by atoms with Gasteiger partial charge in [-0.1, -0.05) is 20.3 Å². The van der Waals surface area contributed by atoms with Crippen LogP contribution < -0.4 is 10.4 Å². The largest absolute Gasteiger partial charge is 0.550 e. The number of carbonyl (C=O) groups is 2. The van der Waals surface area contributed by atoms with Gasteiger partial charge in [0.25, 0.3) is 0 Å². The van der Waals surface area contributed by atoms with Gasteiger partial charge in [-0.25, -0.2) is 4.79 Å². The Morgan fingerprint density at radius 2 is 1.88 bits per heavy atom. The first kappa shape index (κ1) is 15.7. The zero-order valence-electron chi connectivity index (χ0n) is 11.2. The summed E-state index contributed by atoms with van der Waals surface area (Å²) in [6.07, 6.45) is -0.0220. The molecule has 17 heavy (non-hydrogen) atoms. The molecule has 0 fully saturated rings. The van der Waals surface area contributed by atoms with E-state index in [1.165, 1.54) is 0 Å². The van der Waals surface area contributed by atoms with Crippen LogP contribution in [0.5, 0.6) is 0 Å². The lowest BCUT2D eigenvalue weighted by Gasteiger charge is -2.27. The minimum absolute atomic E-state index is 0.0559.